The predicted octanol–water partition coefficient (Wildman–Crippen LogP) is 5.84. The monoisotopic (exact) mass is 415 g/mol. The standard InChI is InChI=1S/C23H24F3N3O/c1-15(17-5-4-6-18(13-17)23(24,25)26)28-22(30)29-11-9-16(10-12-29)20-14-27-21-8-3-2-7-19(20)21/h2-8,13-16,27H,9-12H2,1H3,(H,28,30). The molecule has 1 aromatic heterocycles. The Morgan fingerprint density at radius 2 is 1.87 bits per heavy atom. The van der Waals surface area contributed by atoms with Gasteiger partial charge >= 0.3 is 12.2 Å². The Balaban J connectivity index is 1.36. The molecule has 0 radical (unpaired) electrons. The average Bonchev–Trinajstić information content (AvgIpc) is 3.17. The van der Waals surface area contributed by atoms with E-state index in [-0.39, 0.29) is 6.03 Å². The molecule has 30 heavy (non-hydrogen) atoms. The number of para-hydroxylation sites is 1. The van der Waals surface area contributed by atoms with Crippen molar-refractivity contribution < 1.29 is 18.0 Å². The van der Waals surface area contributed by atoms with Crippen LogP contribution in [0.15, 0.2) is 54.7 Å². The molecule has 0 saturated carbocycles. The summed E-state index contributed by atoms with van der Waals surface area (Å²) in [5.74, 6) is 0.381. The fourth-order valence-electron chi connectivity index (χ4n) is 4.17. The van der Waals surface area contributed by atoms with E-state index in [0.29, 0.717) is 24.6 Å². The second-order valence-electron chi connectivity index (χ2n) is 7.85. The Bertz CT molecular complexity index is 1040. The number of rotatable bonds is 3. The van der Waals surface area contributed by atoms with Crippen LogP contribution in [0.4, 0.5) is 18.0 Å². The number of fused-ring (bicyclic) bond motifs is 1. The number of amides is 2. The average molecular weight is 415 g/mol. The van der Waals surface area contributed by atoms with Crippen molar-refractivity contribution in [1.82, 2.24) is 15.2 Å². The summed E-state index contributed by atoms with van der Waals surface area (Å²) >= 11 is 0. The van der Waals surface area contributed by atoms with E-state index in [1.54, 1.807) is 17.9 Å². The SMILES string of the molecule is CC(NC(=O)N1CCC(c2c[nH]c3ccccc23)CC1)c1cccc(C(F)(F)F)c1. The lowest BCUT2D eigenvalue weighted by Gasteiger charge is -2.33. The highest BCUT2D eigenvalue weighted by atomic mass is 19.4. The van der Waals surface area contributed by atoms with Gasteiger partial charge in [-0.2, -0.15) is 13.2 Å². The molecule has 1 fully saturated rings. The number of alkyl halides is 3. The number of benzene rings is 2. The summed E-state index contributed by atoms with van der Waals surface area (Å²) in [6.07, 6.45) is -0.634. The zero-order chi connectivity index (χ0) is 21.3. The van der Waals surface area contributed by atoms with Crippen LogP contribution < -0.4 is 5.32 Å². The van der Waals surface area contributed by atoms with Crippen molar-refractivity contribution in [2.75, 3.05) is 13.1 Å². The lowest BCUT2D eigenvalue weighted by molar-refractivity contribution is -0.137. The van der Waals surface area contributed by atoms with Gasteiger partial charge in [-0.1, -0.05) is 30.3 Å². The molecule has 158 valence electrons. The second kappa shape index (κ2) is 8.05. The molecule has 1 aliphatic rings. The van der Waals surface area contributed by atoms with Gasteiger partial charge < -0.3 is 15.2 Å². The van der Waals surface area contributed by atoms with E-state index in [1.165, 1.54) is 17.0 Å². The van der Waals surface area contributed by atoms with E-state index in [4.69, 9.17) is 0 Å². The molecular weight excluding hydrogens is 391 g/mol. The Kier molecular flexibility index (Phi) is 5.45. The number of nitrogens with one attached hydrogen (secondary N) is 2. The van der Waals surface area contributed by atoms with E-state index in [0.717, 1.165) is 30.5 Å². The molecule has 3 aromatic rings. The summed E-state index contributed by atoms with van der Waals surface area (Å²) in [6, 6.07) is 12.5. The van der Waals surface area contributed by atoms with Crippen molar-refractivity contribution in [3.05, 3.63) is 71.4 Å². The molecule has 1 aliphatic heterocycles. The maximum atomic E-state index is 12.9. The number of likely N-dealkylation sites (tertiary alicyclic amines) is 1. The lowest BCUT2D eigenvalue weighted by atomic mass is 9.89. The number of carbonyl (C=O) groups is 1. The molecule has 0 spiro atoms. The molecule has 2 aromatic carbocycles. The first kappa shape index (κ1) is 20.3. The Labute approximate surface area is 173 Å². The molecule has 2 amide bonds. The highest BCUT2D eigenvalue weighted by Gasteiger charge is 2.31. The number of halogens is 3. The Morgan fingerprint density at radius 1 is 1.13 bits per heavy atom. The first-order chi connectivity index (χ1) is 14.3. The number of urea groups is 1. The van der Waals surface area contributed by atoms with E-state index in [2.05, 4.69) is 28.6 Å². The van der Waals surface area contributed by atoms with Gasteiger partial charge in [0.2, 0.25) is 0 Å². The minimum atomic E-state index is -4.40. The van der Waals surface area contributed by atoms with Crippen LogP contribution in [0.25, 0.3) is 10.9 Å². The topological polar surface area (TPSA) is 48.1 Å². The van der Waals surface area contributed by atoms with Gasteiger partial charge in [-0.05, 0) is 55.0 Å². The second-order valence-corrected chi connectivity index (χ2v) is 7.85. The molecule has 0 aliphatic carbocycles. The van der Waals surface area contributed by atoms with Crippen LogP contribution in [-0.4, -0.2) is 29.0 Å². The van der Waals surface area contributed by atoms with Crippen LogP contribution in [0.3, 0.4) is 0 Å². The first-order valence-electron chi connectivity index (χ1n) is 10.1. The summed E-state index contributed by atoms with van der Waals surface area (Å²) < 4.78 is 38.8. The van der Waals surface area contributed by atoms with E-state index in [1.807, 2.05) is 12.1 Å². The number of piperidine rings is 1. The molecular formula is C23H24F3N3O. The smallest absolute Gasteiger partial charge is 0.361 e. The number of carbonyl (C=O) groups excluding carboxylic acids is 1. The van der Waals surface area contributed by atoms with Crippen molar-refractivity contribution in [3.63, 3.8) is 0 Å². The fraction of sp³-hybridized carbons (Fsp3) is 0.348. The molecule has 2 N–H and O–H groups in total. The first-order valence-corrected chi connectivity index (χ1v) is 10.1. The Hall–Kier alpha value is -2.96. The predicted molar refractivity (Wildman–Crippen MR) is 110 cm³/mol. The zero-order valence-electron chi connectivity index (χ0n) is 16.7. The van der Waals surface area contributed by atoms with Gasteiger partial charge in [-0.25, -0.2) is 4.79 Å². The molecule has 2 heterocycles. The molecule has 0 bridgehead atoms. The number of hydrogen-bond donors (Lipinski definition) is 2. The van der Waals surface area contributed by atoms with Crippen LogP contribution in [-0.2, 0) is 6.18 Å². The van der Waals surface area contributed by atoms with Gasteiger partial charge in [0, 0.05) is 30.2 Å². The van der Waals surface area contributed by atoms with Crippen molar-refractivity contribution in [1.29, 1.82) is 0 Å². The van der Waals surface area contributed by atoms with Gasteiger partial charge in [0.15, 0.2) is 0 Å². The number of hydrogen-bond acceptors (Lipinski definition) is 1. The van der Waals surface area contributed by atoms with Crippen molar-refractivity contribution in [2.45, 2.75) is 37.9 Å². The molecule has 1 unspecified atom stereocenters. The van der Waals surface area contributed by atoms with Crippen LogP contribution in [0.2, 0.25) is 0 Å². The molecule has 1 saturated heterocycles. The van der Waals surface area contributed by atoms with Crippen LogP contribution in [0.5, 0.6) is 0 Å². The van der Waals surface area contributed by atoms with E-state index in [9.17, 15) is 18.0 Å². The van der Waals surface area contributed by atoms with Crippen molar-refractivity contribution >= 4 is 16.9 Å². The summed E-state index contributed by atoms with van der Waals surface area (Å²) in [5, 5.41) is 4.06. The van der Waals surface area contributed by atoms with Crippen LogP contribution in [0.1, 0.15) is 48.4 Å². The van der Waals surface area contributed by atoms with Crippen LogP contribution >= 0.6 is 0 Å². The van der Waals surface area contributed by atoms with Gasteiger partial charge in [-0.3, -0.25) is 0 Å². The van der Waals surface area contributed by atoms with Gasteiger partial charge in [-0.15, -0.1) is 0 Å². The summed E-state index contributed by atoms with van der Waals surface area (Å²) in [4.78, 5) is 17.7. The van der Waals surface area contributed by atoms with Gasteiger partial charge in [0.25, 0.3) is 0 Å². The molecule has 1 atom stereocenters. The highest BCUT2D eigenvalue weighted by molar-refractivity contribution is 5.83. The van der Waals surface area contributed by atoms with Gasteiger partial charge in [0.1, 0.15) is 0 Å². The quantitative estimate of drug-likeness (QED) is 0.555. The Morgan fingerprint density at radius 3 is 2.60 bits per heavy atom. The zero-order valence-corrected chi connectivity index (χ0v) is 16.7. The van der Waals surface area contributed by atoms with E-state index >= 15 is 0 Å². The molecule has 4 rings (SSSR count). The normalized spacial score (nSPS) is 16.6. The largest absolute Gasteiger partial charge is 0.416 e. The van der Waals surface area contributed by atoms with Crippen LogP contribution in [0, 0.1) is 0 Å². The van der Waals surface area contributed by atoms with E-state index < -0.39 is 17.8 Å². The summed E-state index contributed by atoms with van der Waals surface area (Å²) in [7, 11) is 0. The molecule has 4 nitrogen and oxygen atoms in total. The summed E-state index contributed by atoms with van der Waals surface area (Å²) in [5.41, 5.74) is 2.12. The molecule has 7 heteroatoms. The summed E-state index contributed by atoms with van der Waals surface area (Å²) in [6.45, 7) is 2.93. The number of aromatic nitrogens is 1. The third kappa shape index (κ3) is 4.15. The highest BCUT2D eigenvalue weighted by Crippen LogP contribution is 2.33. The maximum Gasteiger partial charge on any atom is 0.416 e. The van der Waals surface area contributed by atoms with Crippen molar-refractivity contribution in [3.8, 4) is 0 Å². The maximum absolute atomic E-state index is 12.9. The van der Waals surface area contributed by atoms with Crippen molar-refractivity contribution in [2.24, 2.45) is 0 Å². The van der Waals surface area contributed by atoms with Gasteiger partial charge in [0.05, 0.1) is 11.6 Å². The minimum absolute atomic E-state index is 0.239. The third-order valence-electron chi connectivity index (χ3n) is 5.90. The fourth-order valence-corrected chi connectivity index (χ4v) is 4.17. The third-order valence-corrected chi connectivity index (χ3v) is 5.90. The number of H-pyrrole nitrogens is 1. The lowest BCUT2D eigenvalue weighted by Crippen LogP contribution is -2.44. The number of aromatic amines is 1. The number of nitrogens with zero attached hydrogens (tertiary/aromatic N) is 1. The minimum Gasteiger partial charge on any atom is -0.361 e.